The Morgan fingerprint density at radius 1 is 1.19 bits per heavy atom. The van der Waals surface area contributed by atoms with Crippen LogP contribution < -0.4 is 10.5 Å². The molecule has 0 spiro atoms. The van der Waals surface area contributed by atoms with E-state index in [1.165, 1.54) is 31.8 Å². The molecule has 2 aromatic rings. The van der Waals surface area contributed by atoms with Crippen molar-refractivity contribution in [3.8, 4) is 11.6 Å². The highest BCUT2D eigenvalue weighted by Crippen LogP contribution is 2.39. The number of ether oxygens (including phenoxy) is 1. The quantitative estimate of drug-likeness (QED) is 0.672. The van der Waals surface area contributed by atoms with Crippen LogP contribution in [-0.2, 0) is 4.84 Å². The van der Waals surface area contributed by atoms with Crippen LogP contribution in [0.15, 0.2) is 23.6 Å². The Balaban J connectivity index is 2.45. The van der Waals surface area contributed by atoms with Crippen LogP contribution in [0.25, 0.3) is 0 Å². The molecule has 0 aliphatic heterocycles. The first-order valence-corrected chi connectivity index (χ1v) is 6.65. The van der Waals surface area contributed by atoms with Crippen LogP contribution in [0, 0.1) is 0 Å². The zero-order valence-corrected chi connectivity index (χ0v) is 12.9. The van der Waals surface area contributed by atoms with Gasteiger partial charge in [-0.15, -0.1) is 0 Å². The summed E-state index contributed by atoms with van der Waals surface area (Å²) in [5, 5.41) is 4.47. The van der Waals surface area contributed by atoms with Gasteiger partial charge in [-0.3, -0.25) is 0 Å². The Hall–Kier alpha value is -1.76. The van der Waals surface area contributed by atoms with Crippen LogP contribution in [0.3, 0.4) is 0 Å². The standard InChI is InChI=1S/C12H9Cl3N4O2/c1-20-19-4-7-11(16)17-5-18-12(7)21-10-8(14)2-6(13)3-9(10)15/h2-5H,1H3,(H2,16,17,18). The molecule has 2 N–H and O–H groups in total. The third kappa shape index (κ3) is 3.66. The monoisotopic (exact) mass is 346 g/mol. The number of anilines is 1. The zero-order valence-electron chi connectivity index (χ0n) is 10.7. The summed E-state index contributed by atoms with van der Waals surface area (Å²) in [4.78, 5) is 12.4. The van der Waals surface area contributed by atoms with Crippen LogP contribution in [0.5, 0.6) is 11.6 Å². The number of nitrogen functional groups attached to an aromatic ring is 1. The summed E-state index contributed by atoms with van der Waals surface area (Å²) in [6.07, 6.45) is 2.56. The molecule has 0 saturated heterocycles. The van der Waals surface area contributed by atoms with Crippen molar-refractivity contribution in [1.82, 2.24) is 9.97 Å². The number of nitrogens with zero attached hydrogens (tertiary/aromatic N) is 3. The molecule has 0 saturated carbocycles. The number of aromatic nitrogens is 2. The van der Waals surface area contributed by atoms with Crippen LogP contribution >= 0.6 is 34.8 Å². The second-order valence-electron chi connectivity index (χ2n) is 3.70. The van der Waals surface area contributed by atoms with Gasteiger partial charge in [0.1, 0.15) is 24.8 Å². The minimum atomic E-state index is 0.134. The molecule has 0 bridgehead atoms. The number of halogens is 3. The van der Waals surface area contributed by atoms with E-state index in [1.807, 2.05) is 0 Å². The van der Waals surface area contributed by atoms with Gasteiger partial charge in [0.25, 0.3) is 0 Å². The summed E-state index contributed by atoms with van der Waals surface area (Å²) in [5.74, 6) is 0.504. The zero-order chi connectivity index (χ0) is 15.4. The molecule has 6 nitrogen and oxygen atoms in total. The van der Waals surface area contributed by atoms with Gasteiger partial charge in [-0.2, -0.15) is 0 Å². The lowest BCUT2D eigenvalue weighted by molar-refractivity contribution is 0.215. The van der Waals surface area contributed by atoms with Crippen molar-refractivity contribution in [2.45, 2.75) is 0 Å². The van der Waals surface area contributed by atoms with Gasteiger partial charge in [0.2, 0.25) is 5.88 Å². The first kappa shape index (κ1) is 15.6. The Kier molecular flexibility index (Phi) is 5.06. The van der Waals surface area contributed by atoms with E-state index in [1.54, 1.807) is 0 Å². The van der Waals surface area contributed by atoms with Crippen molar-refractivity contribution < 1.29 is 9.57 Å². The lowest BCUT2D eigenvalue weighted by atomic mass is 10.3. The molecule has 0 radical (unpaired) electrons. The lowest BCUT2D eigenvalue weighted by Gasteiger charge is -2.11. The van der Waals surface area contributed by atoms with Gasteiger partial charge in [-0.05, 0) is 12.1 Å². The molecule has 0 aliphatic carbocycles. The SMILES string of the molecule is CON=Cc1c(N)ncnc1Oc1c(Cl)cc(Cl)cc1Cl. The van der Waals surface area contributed by atoms with E-state index in [0.717, 1.165) is 0 Å². The second-order valence-corrected chi connectivity index (χ2v) is 4.95. The number of oxime groups is 1. The number of benzene rings is 1. The van der Waals surface area contributed by atoms with Gasteiger partial charge in [0.05, 0.1) is 16.3 Å². The highest BCUT2D eigenvalue weighted by Gasteiger charge is 2.15. The van der Waals surface area contributed by atoms with Crippen LogP contribution in [0.1, 0.15) is 5.56 Å². The van der Waals surface area contributed by atoms with Gasteiger partial charge in [0.15, 0.2) is 5.75 Å². The summed E-state index contributed by atoms with van der Waals surface area (Å²) in [7, 11) is 1.39. The molecule has 0 fully saturated rings. The lowest BCUT2D eigenvalue weighted by Crippen LogP contribution is -2.02. The molecule has 110 valence electrons. The highest BCUT2D eigenvalue weighted by molar-refractivity contribution is 6.40. The summed E-state index contributed by atoms with van der Waals surface area (Å²) in [6, 6.07) is 3.00. The van der Waals surface area contributed by atoms with Crippen LogP contribution in [0.4, 0.5) is 5.82 Å². The summed E-state index contributed by atoms with van der Waals surface area (Å²) in [6.45, 7) is 0. The molecular formula is C12H9Cl3N4O2. The van der Waals surface area contributed by atoms with E-state index in [0.29, 0.717) is 10.6 Å². The number of hydrogen-bond acceptors (Lipinski definition) is 6. The van der Waals surface area contributed by atoms with Crippen molar-refractivity contribution in [2.75, 3.05) is 12.8 Å². The average molecular weight is 348 g/mol. The van der Waals surface area contributed by atoms with E-state index in [2.05, 4.69) is 20.0 Å². The fourth-order valence-electron chi connectivity index (χ4n) is 1.42. The molecule has 1 aromatic heterocycles. The molecule has 9 heteroatoms. The maximum Gasteiger partial charge on any atom is 0.233 e. The van der Waals surface area contributed by atoms with E-state index < -0.39 is 0 Å². The van der Waals surface area contributed by atoms with Gasteiger partial charge in [-0.25, -0.2) is 9.97 Å². The van der Waals surface area contributed by atoms with Crippen molar-refractivity contribution in [3.63, 3.8) is 0 Å². The third-order valence-corrected chi connectivity index (χ3v) is 3.11. The summed E-state index contributed by atoms with van der Waals surface area (Å²) < 4.78 is 5.60. The molecular weight excluding hydrogens is 339 g/mol. The van der Waals surface area contributed by atoms with E-state index in [9.17, 15) is 0 Å². The van der Waals surface area contributed by atoms with Crippen molar-refractivity contribution >= 4 is 46.8 Å². The Morgan fingerprint density at radius 3 is 2.48 bits per heavy atom. The second kappa shape index (κ2) is 6.80. The third-order valence-electron chi connectivity index (χ3n) is 2.33. The van der Waals surface area contributed by atoms with Crippen LogP contribution in [0.2, 0.25) is 15.1 Å². The van der Waals surface area contributed by atoms with Gasteiger partial charge in [-0.1, -0.05) is 40.0 Å². The largest absolute Gasteiger partial charge is 0.435 e. The minimum absolute atomic E-state index is 0.134. The Morgan fingerprint density at radius 2 is 1.86 bits per heavy atom. The van der Waals surface area contributed by atoms with E-state index in [-0.39, 0.29) is 27.5 Å². The normalized spacial score (nSPS) is 10.9. The molecule has 0 aliphatic rings. The predicted octanol–water partition coefficient (Wildman–Crippen LogP) is 3.79. The maximum absolute atomic E-state index is 6.05. The fourth-order valence-corrected chi connectivity index (χ4v) is 2.32. The highest BCUT2D eigenvalue weighted by atomic mass is 35.5. The topological polar surface area (TPSA) is 82.6 Å². The van der Waals surface area contributed by atoms with Gasteiger partial charge in [0, 0.05) is 5.02 Å². The van der Waals surface area contributed by atoms with E-state index in [4.69, 9.17) is 45.3 Å². The smallest absolute Gasteiger partial charge is 0.233 e. The predicted molar refractivity (Wildman–Crippen MR) is 82.6 cm³/mol. The van der Waals surface area contributed by atoms with Gasteiger partial charge < -0.3 is 15.3 Å². The van der Waals surface area contributed by atoms with Gasteiger partial charge >= 0.3 is 0 Å². The number of rotatable bonds is 4. The number of nitrogens with two attached hydrogens (primary N) is 1. The van der Waals surface area contributed by atoms with Crippen molar-refractivity contribution in [1.29, 1.82) is 0 Å². The molecule has 0 atom stereocenters. The van der Waals surface area contributed by atoms with Crippen LogP contribution in [-0.4, -0.2) is 23.3 Å². The minimum Gasteiger partial charge on any atom is -0.435 e. The maximum atomic E-state index is 6.05. The summed E-state index contributed by atoms with van der Waals surface area (Å²) >= 11 is 18.0. The number of hydrogen-bond donors (Lipinski definition) is 1. The molecule has 2 rings (SSSR count). The Bertz CT molecular complexity index is 671. The first-order valence-electron chi connectivity index (χ1n) is 5.52. The molecule has 1 aromatic carbocycles. The first-order chi connectivity index (χ1) is 10.0. The molecule has 0 amide bonds. The average Bonchev–Trinajstić information content (AvgIpc) is 2.42. The Labute approximate surface area is 135 Å². The van der Waals surface area contributed by atoms with Crippen molar-refractivity contribution in [3.05, 3.63) is 39.1 Å². The summed E-state index contributed by atoms with van der Waals surface area (Å²) in [5.41, 5.74) is 6.09. The molecule has 21 heavy (non-hydrogen) atoms. The molecule has 1 heterocycles. The fraction of sp³-hybridized carbons (Fsp3) is 0.0833. The van der Waals surface area contributed by atoms with E-state index >= 15 is 0 Å². The molecule has 0 unspecified atom stereocenters. The van der Waals surface area contributed by atoms with Crippen molar-refractivity contribution in [2.24, 2.45) is 5.16 Å².